The summed E-state index contributed by atoms with van der Waals surface area (Å²) in [6, 6.07) is 3.50. The quantitative estimate of drug-likeness (QED) is 0.403. The number of rotatable bonds is 8. The van der Waals surface area contributed by atoms with E-state index in [4.69, 9.17) is 4.74 Å². The van der Waals surface area contributed by atoms with E-state index >= 15 is 0 Å². The summed E-state index contributed by atoms with van der Waals surface area (Å²) in [5.41, 5.74) is 0.121. The van der Waals surface area contributed by atoms with Gasteiger partial charge in [-0.15, -0.1) is 0 Å². The van der Waals surface area contributed by atoms with Gasteiger partial charge in [0.25, 0.3) is 5.69 Å². The number of nitrogens with zero attached hydrogens (tertiary/aromatic N) is 1. The largest absolute Gasteiger partial charge is 0.374 e. The molecule has 0 aliphatic heterocycles. The Balaban J connectivity index is 2.52. The Bertz CT molecular complexity index is 423. The third-order valence-corrected chi connectivity index (χ3v) is 2.98. The summed E-state index contributed by atoms with van der Waals surface area (Å²) in [7, 11) is 0. The van der Waals surface area contributed by atoms with Gasteiger partial charge in [-0.05, 0) is 19.4 Å². The smallest absolute Gasteiger partial charge is 0.269 e. The molecule has 0 radical (unpaired) electrons. The molecule has 5 heteroatoms. The average Bonchev–Trinajstić information content (AvgIpc) is 2.37. The number of ether oxygens (including phenoxy) is 1. The number of benzene rings is 1. The Morgan fingerprint density at radius 3 is 2.79 bits per heavy atom. The number of hydrogen-bond acceptors (Lipinski definition) is 3. The summed E-state index contributed by atoms with van der Waals surface area (Å²) in [4.78, 5) is 10.1. The molecule has 0 aromatic heterocycles. The maximum atomic E-state index is 13.5. The molecular formula is C14H20FNO3. The van der Waals surface area contributed by atoms with Gasteiger partial charge in [-0.1, -0.05) is 26.2 Å². The molecule has 0 heterocycles. The highest BCUT2D eigenvalue weighted by Gasteiger charge is 2.12. The van der Waals surface area contributed by atoms with Crippen LogP contribution in [0.3, 0.4) is 0 Å². The standard InChI is InChI=1S/C14H20FNO3/c1-3-4-5-6-11(2)19-10-12-9-13(16(17)18)7-8-14(12)15/h7-9,11H,3-6,10H2,1-2H3. The minimum atomic E-state index is -0.534. The second kappa shape index (κ2) is 7.84. The number of unbranched alkanes of at least 4 members (excludes halogenated alkanes) is 2. The molecule has 1 aromatic rings. The molecule has 0 amide bonds. The maximum Gasteiger partial charge on any atom is 0.269 e. The zero-order valence-corrected chi connectivity index (χ0v) is 11.4. The first-order chi connectivity index (χ1) is 9.04. The minimum Gasteiger partial charge on any atom is -0.374 e. The molecule has 0 bridgehead atoms. The van der Waals surface area contributed by atoms with Crippen molar-refractivity contribution in [2.45, 2.75) is 52.2 Å². The molecular weight excluding hydrogens is 249 g/mol. The van der Waals surface area contributed by atoms with Crippen molar-refractivity contribution in [2.24, 2.45) is 0 Å². The first-order valence-electron chi connectivity index (χ1n) is 6.59. The molecule has 0 saturated heterocycles. The van der Waals surface area contributed by atoms with E-state index in [0.717, 1.165) is 37.8 Å². The molecule has 0 aliphatic carbocycles. The summed E-state index contributed by atoms with van der Waals surface area (Å²) < 4.78 is 19.0. The number of non-ortho nitro benzene ring substituents is 1. The molecule has 1 unspecified atom stereocenters. The van der Waals surface area contributed by atoms with Crippen molar-refractivity contribution in [3.05, 3.63) is 39.7 Å². The van der Waals surface area contributed by atoms with Crippen LogP contribution >= 0.6 is 0 Å². The Hall–Kier alpha value is -1.49. The lowest BCUT2D eigenvalue weighted by atomic mass is 10.1. The predicted molar refractivity (Wildman–Crippen MR) is 71.4 cm³/mol. The third kappa shape index (κ3) is 5.34. The summed E-state index contributed by atoms with van der Waals surface area (Å²) >= 11 is 0. The fourth-order valence-corrected chi connectivity index (χ4v) is 1.78. The second-order valence-corrected chi connectivity index (χ2v) is 4.65. The zero-order chi connectivity index (χ0) is 14.3. The molecule has 0 spiro atoms. The number of hydrogen-bond donors (Lipinski definition) is 0. The first-order valence-corrected chi connectivity index (χ1v) is 6.59. The SMILES string of the molecule is CCCCCC(C)OCc1cc([N+](=O)[O-])ccc1F. The van der Waals surface area contributed by atoms with Crippen LogP contribution < -0.4 is 0 Å². The van der Waals surface area contributed by atoms with Gasteiger partial charge in [0.2, 0.25) is 0 Å². The highest BCUT2D eigenvalue weighted by Crippen LogP contribution is 2.18. The zero-order valence-electron chi connectivity index (χ0n) is 11.4. The van der Waals surface area contributed by atoms with Crippen molar-refractivity contribution in [3.8, 4) is 0 Å². The molecule has 0 fully saturated rings. The molecule has 1 atom stereocenters. The lowest BCUT2D eigenvalue weighted by molar-refractivity contribution is -0.385. The van der Waals surface area contributed by atoms with Gasteiger partial charge in [-0.25, -0.2) is 4.39 Å². The summed E-state index contributed by atoms with van der Waals surface area (Å²) in [6.07, 6.45) is 4.33. The number of nitro groups is 1. The molecule has 0 N–H and O–H groups in total. The van der Waals surface area contributed by atoms with E-state index in [-0.39, 0.29) is 24.0 Å². The van der Waals surface area contributed by atoms with E-state index in [1.807, 2.05) is 6.92 Å². The molecule has 19 heavy (non-hydrogen) atoms. The van der Waals surface area contributed by atoms with Gasteiger partial charge in [-0.3, -0.25) is 10.1 Å². The molecule has 0 saturated carbocycles. The third-order valence-electron chi connectivity index (χ3n) is 2.98. The van der Waals surface area contributed by atoms with Crippen molar-refractivity contribution in [2.75, 3.05) is 0 Å². The van der Waals surface area contributed by atoms with Gasteiger partial charge in [0.1, 0.15) is 5.82 Å². The Kier molecular flexibility index (Phi) is 6.42. The van der Waals surface area contributed by atoms with Crippen LogP contribution in [0, 0.1) is 15.9 Å². The van der Waals surface area contributed by atoms with Crippen molar-refractivity contribution in [3.63, 3.8) is 0 Å². The van der Waals surface area contributed by atoms with E-state index < -0.39 is 10.7 Å². The first kappa shape index (κ1) is 15.6. The van der Waals surface area contributed by atoms with Crippen LogP contribution in [0.2, 0.25) is 0 Å². The van der Waals surface area contributed by atoms with Crippen LogP contribution in [-0.4, -0.2) is 11.0 Å². The highest BCUT2D eigenvalue weighted by molar-refractivity contribution is 5.34. The van der Waals surface area contributed by atoms with E-state index in [0.29, 0.717) is 0 Å². The normalized spacial score (nSPS) is 12.4. The van der Waals surface area contributed by atoms with Crippen LogP contribution in [0.5, 0.6) is 0 Å². The molecule has 0 aliphatic rings. The van der Waals surface area contributed by atoms with Gasteiger partial charge in [0.15, 0.2) is 0 Å². The summed E-state index contributed by atoms with van der Waals surface area (Å²) in [6.45, 7) is 4.13. The molecule has 4 nitrogen and oxygen atoms in total. The molecule has 106 valence electrons. The van der Waals surface area contributed by atoms with Gasteiger partial charge in [0.05, 0.1) is 17.6 Å². The van der Waals surface area contributed by atoms with Crippen molar-refractivity contribution in [1.82, 2.24) is 0 Å². The Labute approximate surface area is 112 Å². The molecule has 1 rings (SSSR count). The van der Waals surface area contributed by atoms with E-state index in [1.54, 1.807) is 0 Å². The van der Waals surface area contributed by atoms with Gasteiger partial charge in [0, 0.05) is 17.7 Å². The minimum absolute atomic E-state index is 0.0326. The van der Waals surface area contributed by atoms with Crippen LogP contribution in [0.4, 0.5) is 10.1 Å². The predicted octanol–water partition coefficient (Wildman–Crippen LogP) is 4.22. The van der Waals surface area contributed by atoms with Gasteiger partial charge in [-0.2, -0.15) is 0 Å². The second-order valence-electron chi connectivity index (χ2n) is 4.65. The highest BCUT2D eigenvalue weighted by atomic mass is 19.1. The Morgan fingerprint density at radius 1 is 1.42 bits per heavy atom. The van der Waals surface area contributed by atoms with Crippen LogP contribution in [0.25, 0.3) is 0 Å². The number of nitro benzene ring substituents is 1. The summed E-state index contributed by atoms with van der Waals surface area (Å²) in [5, 5.41) is 10.6. The maximum absolute atomic E-state index is 13.5. The number of halogens is 1. The van der Waals surface area contributed by atoms with E-state index in [9.17, 15) is 14.5 Å². The molecule has 1 aromatic carbocycles. The fourth-order valence-electron chi connectivity index (χ4n) is 1.78. The van der Waals surface area contributed by atoms with E-state index in [2.05, 4.69) is 6.92 Å². The van der Waals surface area contributed by atoms with Gasteiger partial charge >= 0.3 is 0 Å². The average molecular weight is 269 g/mol. The Morgan fingerprint density at radius 2 is 2.16 bits per heavy atom. The monoisotopic (exact) mass is 269 g/mol. The topological polar surface area (TPSA) is 52.4 Å². The van der Waals surface area contributed by atoms with Crippen LogP contribution in [0.15, 0.2) is 18.2 Å². The lowest BCUT2D eigenvalue weighted by Crippen LogP contribution is -2.09. The van der Waals surface area contributed by atoms with Crippen molar-refractivity contribution < 1.29 is 14.1 Å². The lowest BCUT2D eigenvalue weighted by Gasteiger charge is -2.13. The summed E-state index contributed by atoms with van der Waals surface area (Å²) in [5.74, 6) is -0.466. The van der Waals surface area contributed by atoms with Gasteiger partial charge < -0.3 is 4.74 Å². The fraction of sp³-hybridized carbons (Fsp3) is 0.571. The van der Waals surface area contributed by atoms with Crippen LogP contribution in [0.1, 0.15) is 45.1 Å². The van der Waals surface area contributed by atoms with Crippen molar-refractivity contribution >= 4 is 5.69 Å². The van der Waals surface area contributed by atoms with Crippen LogP contribution in [-0.2, 0) is 11.3 Å². The van der Waals surface area contributed by atoms with Crippen molar-refractivity contribution in [1.29, 1.82) is 0 Å². The van der Waals surface area contributed by atoms with E-state index in [1.165, 1.54) is 6.07 Å².